The molecule has 2 aromatic carbocycles. The molecule has 1 fully saturated rings. The summed E-state index contributed by atoms with van der Waals surface area (Å²) in [4.78, 5) is 18.9. The van der Waals surface area contributed by atoms with Crippen LogP contribution in [0.5, 0.6) is 0 Å². The molecular weight excluding hydrogens is 462 g/mol. The van der Waals surface area contributed by atoms with E-state index < -0.39 is 20.9 Å². The van der Waals surface area contributed by atoms with Crippen LogP contribution in [0.2, 0.25) is 0 Å². The molecule has 1 aliphatic rings. The zero-order valence-electron chi connectivity index (χ0n) is 18.5. The number of aryl methyl sites for hydroxylation is 1. The third-order valence-electron chi connectivity index (χ3n) is 6.01. The normalized spacial score (nSPS) is 14.8. The molecule has 1 amide bonds. The van der Waals surface area contributed by atoms with Gasteiger partial charge in [0.2, 0.25) is 0 Å². The van der Waals surface area contributed by atoms with Crippen LogP contribution >= 0.6 is 0 Å². The molecule has 1 aliphatic heterocycles. The number of likely N-dealkylation sites (tertiary alicyclic amines) is 1. The van der Waals surface area contributed by atoms with Crippen molar-refractivity contribution in [3.63, 3.8) is 0 Å². The first-order chi connectivity index (χ1) is 16.1. The predicted octanol–water partition coefficient (Wildman–Crippen LogP) is 4.08. The van der Waals surface area contributed by atoms with Gasteiger partial charge in [0.05, 0.1) is 16.9 Å². The monoisotopic (exact) mass is 486 g/mol. The van der Waals surface area contributed by atoms with Gasteiger partial charge < -0.3 is 10.2 Å². The standard InChI is InChI=1S/C24H24F2N4O3S/c1-15-3-2-4-20(26)23(15)29-21-13-22(34(27,32)33)28-14-19(21)24(31)30-11-9-17(10-12-30)16-5-7-18(25)8-6-16/h2-8,13-14,17H,9-12H2,1H3,(H,28,29)(H2,27,32,33). The van der Waals surface area contributed by atoms with E-state index in [9.17, 15) is 22.0 Å². The minimum absolute atomic E-state index is 0.0953. The van der Waals surface area contributed by atoms with Crippen LogP contribution < -0.4 is 10.5 Å². The van der Waals surface area contributed by atoms with Crippen molar-refractivity contribution in [2.24, 2.45) is 5.14 Å². The van der Waals surface area contributed by atoms with E-state index in [4.69, 9.17) is 5.14 Å². The first-order valence-electron chi connectivity index (χ1n) is 10.7. The first kappa shape index (κ1) is 23.8. The topological polar surface area (TPSA) is 105 Å². The number of sulfonamides is 1. The number of aromatic nitrogens is 1. The fourth-order valence-corrected chi connectivity index (χ4v) is 4.59. The minimum atomic E-state index is -4.14. The van der Waals surface area contributed by atoms with Gasteiger partial charge in [-0.2, -0.15) is 0 Å². The maximum atomic E-state index is 14.4. The molecule has 0 aliphatic carbocycles. The average molecular weight is 487 g/mol. The summed E-state index contributed by atoms with van der Waals surface area (Å²) in [5.41, 5.74) is 1.92. The van der Waals surface area contributed by atoms with Crippen molar-refractivity contribution in [2.45, 2.75) is 30.7 Å². The van der Waals surface area contributed by atoms with Crippen molar-refractivity contribution in [3.05, 3.63) is 83.1 Å². The summed E-state index contributed by atoms with van der Waals surface area (Å²) >= 11 is 0. The molecule has 0 unspecified atom stereocenters. The predicted molar refractivity (Wildman–Crippen MR) is 124 cm³/mol. The van der Waals surface area contributed by atoms with Gasteiger partial charge in [0.15, 0.2) is 5.03 Å². The van der Waals surface area contributed by atoms with E-state index in [2.05, 4.69) is 10.3 Å². The number of anilines is 2. The lowest BCUT2D eigenvalue weighted by Gasteiger charge is -2.32. The molecular formula is C24H24F2N4O3S. The highest BCUT2D eigenvalue weighted by Crippen LogP contribution is 2.31. The van der Waals surface area contributed by atoms with E-state index in [1.807, 2.05) is 0 Å². The maximum absolute atomic E-state index is 14.4. The average Bonchev–Trinajstić information content (AvgIpc) is 2.81. The van der Waals surface area contributed by atoms with Crippen molar-refractivity contribution in [3.8, 4) is 0 Å². The minimum Gasteiger partial charge on any atom is -0.352 e. The number of carbonyl (C=O) groups excluding carboxylic acids is 1. The highest BCUT2D eigenvalue weighted by Gasteiger charge is 2.27. The number of piperidine rings is 1. The van der Waals surface area contributed by atoms with Gasteiger partial charge in [-0.1, -0.05) is 24.3 Å². The Balaban J connectivity index is 1.60. The molecule has 0 radical (unpaired) electrons. The number of pyridine rings is 1. The lowest BCUT2D eigenvalue weighted by atomic mass is 9.89. The Kier molecular flexibility index (Phi) is 6.63. The highest BCUT2D eigenvalue weighted by molar-refractivity contribution is 7.89. The number of rotatable bonds is 5. The number of benzene rings is 2. The van der Waals surface area contributed by atoms with Crippen LogP contribution in [-0.4, -0.2) is 37.3 Å². The number of hydrogen-bond acceptors (Lipinski definition) is 5. The van der Waals surface area contributed by atoms with Crippen LogP contribution in [0.15, 0.2) is 59.8 Å². The molecule has 0 atom stereocenters. The van der Waals surface area contributed by atoms with Gasteiger partial charge in [-0.15, -0.1) is 0 Å². The molecule has 3 aromatic rings. The molecule has 1 saturated heterocycles. The van der Waals surface area contributed by atoms with Gasteiger partial charge in [0.25, 0.3) is 15.9 Å². The van der Waals surface area contributed by atoms with Crippen molar-refractivity contribution in [2.75, 3.05) is 18.4 Å². The second kappa shape index (κ2) is 9.47. The summed E-state index contributed by atoms with van der Waals surface area (Å²) in [5.74, 6) is -1.00. The van der Waals surface area contributed by atoms with E-state index in [-0.39, 0.29) is 34.6 Å². The van der Waals surface area contributed by atoms with E-state index in [0.29, 0.717) is 31.5 Å². The Morgan fingerprint density at radius 1 is 1.12 bits per heavy atom. The number of nitrogens with zero attached hydrogens (tertiary/aromatic N) is 2. The van der Waals surface area contributed by atoms with Crippen LogP contribution in [0, 0.1) is 18.6 Å². The van der Waals surface area contributed by atoms with Crippen molar-refractivity contribution >= 4 is 27.3 Å². The Morgan fingerprint density at radius 2 is 1.79 bits per heavy atom. The molecule has 4 rings (SSSR count). The van der Waals surface area contributed by atoms with Gasteiger partial charge in [-0.05, 0) is 55.0 Å². The Morgan fingerprint density at radius 3 is 2.41 bits per heavy atom. The SMILES string of the molecule is Cc1cccc(F)c1Nc1cc(S(N)(=O)=O)ncc1C(=O)N1CCC(c2ccc(F)cc2)CC1. The summed E-state index contributed by atoms with van der Waals surface area (Å²) in [6, 6.07) is 12.0. The number of nitrogens with one attached hydrogen (secondary N) is 1. The molecule has 3 N–H and O–H groups in total. The summed E-state index contributed by atoms with van der Waals surface area (Å²) < 4.78 is 51.4. The quantitative estimate of drug-likeness (QED) is 0.565. The number of hydrogen-bond donors (Lipinski definition) is 2. The number of primary sulfonamides is 1. The largest absolute Gasteiger partial charge is 0.352 e. The van der Waals surface area contributed by atoms with E-state index in [0.717, 1.165) is 17.8 Å². The van der Waals surface area contributed by atoms with Gasteiger partial charge in [-0.25, -0.2) is 27.3 Å². The van der Waals surface area contributed by atoms with Crippen LogP contribution in [0.25, 0.3) is 0 Å². The highest BCUT2D eigenvalue weighted by atomic mass is 32.2. The first-order valence-corrected chi connectivity index (χ1v) is 12.3. The third-order valence-corrected chi connectivity index (χ3v) is 6.81. The molecule has 1 aromatic heterocycles. The van der Waals surface area contributed by atoms with Gasteiger partial charge in [0, 0.05) is 25.4 Å². The molecule has 2 heterocycles. The lowest BCUT2D eigenvalue weighted by molar-refractivity contribution is 0.0713. The third kappa shape index (κ3) is 5.07. The Bertz CT molecular complexity index is 1300. The number of nitrogens with two attached hydrogens (primary N) is 1. The van der Waals surface area contributed by atoms with Crippen LogP contribution in [0.1, 0.15) is 40.2 Å². The second-order valence-electron chi connectivity index (χ2n) is 8.29. The van der Waals surface area contributed by atoms with Crippen molar-refractivity contribution in [1.29, 1.82) is 0 Å². The summed E-state index contributed by atoms with van der Waals surface area (Å²) in [5, 5.41) is 7.65. The van der Waals surface area contributed by atoms with Crippen molar-refractivity contribution < 1.29 is 22.0 Å². The summed E-state index contributed by atoms with van der Waals surface area (Å²) in [7, 11) is -4.14. The molecule has 178 valence electrons. The number of amides is 1. The van der Waals surface area contributed by atoms with E-state index in [1.54, 1.807) is 36.1 Å². The summed E-state index contributed by atoms with van der Waals surface area (Å²) in [6.45, 7) is 2.60. The van der Waals surface area contributed by atoms with Gasteiger partial charge in [0.1, 0.15) is 11.6 Å². The fraction of sp³-hybridized carbons (Fsp3) is 0.250. The number of halogens is 2. The molecule has 34 heavy (non-hydrogen) atoms. The number of para-hydroxylation sites is 1. The van der Waals surface area contributed by atoms with E-state index in [1.165, 1.54) is 18.2 Å². The second-order valence-corrected chi connectivity index (χ2v) is 9.80. The Hall–Kier alpha value is -3.37. The molecule has 10 heteroatoms. The number of carbonyl (C=O) groups is 1. The van der Waals surface area contributed by atoms with Crippen LogP contribution in [-0.2, 0) is 10.0 Å². The lowest BCUT2D eigenvalue weighted by Crippen LogP contribution is -2.38. The van der Waals surface area contributed by atoms with Crippen LogP contribution in [0.4, 0.5) is 20.2 Å². The molecule has 0 saturated carbocycles. The molecule has 7 nitrogen and oxygen atoms in total. The van der Waals surface area contributed by atoms with Gasteiger partial charge >= 0.3 is 0 Å². The fourth-order valence-electron chi connectivity index (χ4n) is 4.11. The maximum Gasteiger partial charge on any atom is 0.257 e. The molecule has 0 spiro atoms. The van der Waals surface area contributed by atoms with Gasteiger partial charge in [-0.3, -0.25) is 4.79 Å². The van der Waals surface area contributed by atoms with E-state index >= 15 is 0 Å². The zero-order valence-corrected chi connectivity index (χ0v) is 19.3. The summed E-state index contributed by atoms with van der Waals surface area (Å²) in [6.07, 6.45) is 2.52. The zero-order chi connectivity index (χ0) is 24.5. The smallest absolute Gasteiger partial charge is 0.257 e. The van der Waals surface area contributed by atoms with Crippen LogP contribution in [0.3, 0.4) is 0 Å². The van der Waals surface area contributed by atoms with Crippen molar-refractivity contribution in [1.82, 2.24) is 9.88 Å². The molecule has 0 bridgehead atoms. The Labute approximate surface area is 196 Å².